The molecule has 1 heterocycles. The van der Waals surface area contributed by atoms with Gasteiger partial charge in [0.05, 0.1) is 0 Å². The van der Waals surface area contributed by atoms with Crippen LogP contribution in [0.25, 0.3) is 0 Å². The van der Waals surface area contributed by atoms with Gasteiger partial charge in [-0.2, -0.15) is 0 Å². The summed E-state index contributed by atoms with van der Waals surface area (Å²) in [5.41, 5.74) is 0. The fourth-order valence-electron chi connectivity index (χ4n) is 3.09. The Morgan fingerprint density at radius 3 is 2.47 bits per heavy atom. The molecule has 3 heteroatoms. The summed E-state index contributed by atoms with van der Waals surface area (Å²) in [6, 6.07) is 0.433. The summed E-state index contributed by atoms with van der Waals surface area (Å²) in [6.07, 6.45) is 9.54. The van der Waals surface area contributed by atoms with Gasteiger partial charge in [-0.05, 0) is 45.3 Å². The molecule has 0 bridgehead atoms. The summed E-state index contributed by atoms with van der Waals surface area (Å²) in [6.45, 7) is 2.24. The van der Waals surface area contributed by atoms with Crippen LogP contribution in [-0.2, 0) is 4.79 Å². The van der Waals surface area contributed by atoms with Crippen LogP contribution < -0.4 is 5.32 Å². The Morgan fingerprint density at radius 2 is 1.82 bits per heavy atom. The van der Waals surface area contributed by atoms with E-state index in [1.165, 1.54) is 25.7 Å². The molecule has 0 unspecified atom stereocenters. The molecular weight excluding hydrogens is 212 g/mol. The van der Waals surface area contributed by atoms with Crippen molar-refractivity contribution in [2.75, 3.05) is 20.1 Å². The van der Waals surface area contributed by atoms with E-state index in [0.29, 0.717) is 6.04 Å². The summed E-state index contributed by atoms with van der Waals surface area (Å²) in [5, 5.41) is 3.20. The minimum Gasteiger partial charge on any atom is -0.353 e. The minimum absolute atomic E-state index is 0.284. The highest BCUT2D eigenvalue weighted by molar-refractivity contribution is 5.76. The largest absolute Gasteiger partial charge is 0.353 e. The zero-order chi connectivity index (χ0) is 12.1. The summed E-state index contributed by atoms with van der Waals surface area (Å²) >= 11 is 0. The average Bonchev–Trinajstić information content (AvgIpc) is 2.83. The van der Waals surface area contributed by atoms with E-state index in [2.05, 4.69) is 17.3 Å². The first-order chi connectivity index (χ1) is 8.24. The number of nitrogens with zero attached hydrogens (tertiary/aromatic N) is 1. The Labute approximate surface area is 105 Å². The van der Waals surface area contributed by atoms with Gasteiger partial charge < -0.3 is 10.2 Å². The van der Waals surface area contributed by atoms with E-state index in [1.54, 1.807) is 0 Å². The fourth-order valence-corrected chi connectivity index (χ4v) is 3.09. The quantitative estimate of drug-likeness (QED) is 0.814. The van der Waals surface area contributed by atoms with E-state index in [-0.39, 0.29) is 5.91 Å². The first-order valence-corrected chi connectivity index (χ1v) is 7.22. The van der Waals surface area contributed by atoms with Crippen LogP contribution in [0.5, 0.6) is 0 Å². The maximum absolute atomic E-state index is 11.8. The Balaban J connectivity index is 1.60. The number of rotatable bonds is 4. The number of hydrogen-bond donors (Lipinski definition) is 1. The van der Waals surface area contributed by atoms with Crippen molar-refractivity contribution in [3.63, 3.8) is 0 Å². The number of hydrogen-bond acceptors (Lipinski definition) is 2. The van der Waals surface area contributed by atoms with Crippen LogP contribution in [0.1, 0.15) is 51.4 Å². The number of carbonyl (C=O) groups excluding carboxylic acids is 1. The summed E-state index contributed by atoms with van der Waals surface area (Å²) in [4.78, 5) is 14.2. The molecule has 1 saturated carbocycles. The van der Waals surface area contributed by atoms with Crippen LogP contribution in [-0.4, -0.2) is 37.0 Å². The predicted octanol–water partition coefficient (Wildman–Crippen LogP) is 2.17. The SMILES string of the molecule is CN1CCC(NC(=O)CCC2CCCC2)CC1. The zero-order valence-corrected chi connectivity index (χ0v) is 11.1. The summed E-state index contributed by atoms with van der Waals surface area (Å²) in [5.74, 6) is 1.12. The standard InChI is InChI=1S/C14H26N2O/c1-16-10-8-13(9-11-16)15-14(17)7-6-12-4-2-3-5-12/h12-13H,2-11H2,1H3,(H,15,17). The number of carbonyl (C=O) groups is 1. The van der Waals surface area contributed by atoms with E-state index in [9.17, 15) is 4.79 Å². The molecule has 1 saturated heterocycles. The third kappa shape index (κ3) is 4.30. The van der Waals surface area contributed by atoms with Crippen molar-refractivity contribution in [2.24, 2.45) is 5.92 Å². The Kier molecular flexibility index (Phi) is 4.84. The lowest BCUT2D eigenvalue weighted by Gasteiger charge is -2.29. The third-order valence-electron chi connectivity index (χ3n) is 4.34. The van der Waals surface area contributed by atoms with Gasteiger partial charge in [0.2, 0.25) is 5.91 Å². The van der Waals surface area contributed by atoms with Crippen molar-refractivity contribution >= 4 is 5.91 Å². The van der Waals surface area contributed by atoms with Crippen molar-refractivity contribution in [1.82, 2.24) is 10.2 Å². The van der Waals surface area contributed by atoms with Crippen molar-refractivity contribution in [2.45, 2.75) is 57.4 Å². The number of nitrogens with one attached hydrogen (secondary N) is 1. The molecular formula is C14H26N2O. The molecule has 2 rings (SSSR count). The van der Waals surface area contributed by atoms with Gasteiger partial charge in [-0.15, -0.1) is 0 Å². The molecule has 1 amide bonds. The Morgan fingerprint density at radius 1 is 1.18 bits per heavy atom. The molecule has 0 aromatic rings. The van der Waals surface area contributed by atoms with Crippen LogP contribution in [0.15, 0.2) is 0 Å². The highest BCUT2D eigenvalue weighted by Gasteiger charge is 2.20. The lowest BCUT2D eigenvalue weighted by atomic mass is 10.0. The van der Waals surface area contributed by atoms with Crippen molar-refractivity contribution in [3.05, 3.63) is 0 Å². The van der Waals surface area contributed by atoms with E-state index in [4.69, 9.17) is 0 Å². The zero-order valence-electron chi connectivity index (χ0n) is 11.1. The average molecular weight is 238 g/mol. The van der Waals surface area contributed by atoms with E-state index < -0.39 is 0 Å². The van der Waals surface area contributed by atoms with Gasteiger partial charge >= 0.3 is 0 Å². The van der Waals surface area contributed by atoms with Gasteiger partial charge in [-0.25, -0.2) is 0 Å². The first kappa shape index (κ1) is 12.9. The van der Waals surface area contributed by atoms with E-state index >= 15 is 0 Å². The lowest BCUT2D eigenvalue weighted by molar-refractivity contribution is -0.122. The summed E-state index contributed by atoms with van der Waals surface area (Å²) < 4.78 is 0. The first-order valence-electron chi connectivity index (χ1n) is 7.22. The minimum atomic E-state index is 0.284. The fraction of sp³-hybridized carbons (Fsp3) is 0.929. The van der Waals surface area contributed by atoms with Crippen molar-refractivity contribution in [3.8, 4) is 0 Å². The molecule has 3 nitrogen and oxygen atoms in total. The van der Waals surface area contributed by atoms with Gasteiger partial charge in [0.15, 0.2) is 0 Å². The molecule has 0 aromatic heterocycles. The number of amides is 1. The molecule has 0 aromatic carbocycles. The van der Waals surface area contributed by atoms with Crippen LogP contribution in [0.2, 0.25) is 0 Å². The molecule has 1 aliphatic carbocycles. The Hall–Kier alpha value is -0.570. The molecule has 98 valence electrons. The second-order valence-corrected chi connectivity index (χ2v) is 5.83. The maximum Gasteiger partial charge on any atom is 0.220 e. The monoisotopic (exact) mass is 238 g/mol. The lowest BCUT2D eigenvalue weighted by Crippen LogP contribution is -2.43. The van der Waals surface area contributed by atoms with Crippen molar-refractivity contribution in [1.29, 1.82) is 0 Å². The van der Waals surface area contributed by atoms with E-state index in [1.807, 2.05) is 0 Å². The van der Waals surface area contributed by atoms with Gasteiger partial charge in [-0.1, -0.05) is 25.7 Å². The number of piperidine rings is 1. The smallest absolute Gasteiger partial charge is 0.220 e. The molecule has 0 radical (unpaired) electrons. The van der Waals surface area contributed by atoms with Gasteiger partial charge in [0.25, 0.3) is 0 Å². The second kappa shape index (κ2) is 6.39. The van der Waals surface area contributed by atoms with Crippen molar-refractivity contribution < 1.29 is 4.79 Å². The molecule has 17 heavy (non-hydrogen) atoms. The van der Waals surface area contributed by atoms with Gasteiger partial charge in [-0.3, -0.25) is 4.79 Å². The van der Waals surface area contributed by atoms with Crippen LogP contribution in [0.3, 0.4) is 0 Å². The highest BCUT2D eigenvalue weighted by Crippen LogP contribution is 2.28. The predicted molar refractivity (Wildman–Crippen MR) is 69.9 cm³/mol. The van der Waals surface area contributed by atoms with E-state index in [0.717, 1.165) is 44.7 Å². The normalized spacial score (nSPS) is 24.1. The molecule has 1 N–H and O–H groups in total. The molecule has 2 fully saturated rings. The molecule has 1 aliphatic heterocycles. The third-order valence-corrected chi connectivity index (χ3v) is 4.34. The molecule has 0 spiro atoms. The molecule has 2 aliphatic rings. The van der Waals surface area contributed by atoms with Crippen LogP contribution in [0.4, 0.5) is 0 Å². The highest BCUT2D eigenvalue weighted by atomic mass is 16.1. The van der Waals surface area contributed by atoms with Crippen LogP contribution in [0, 0.1) is 5.92 Å². The number of likely N-dealkylation sites (tertiary alicyclic amines) is 1. The van der Waals surface area contributed by atoms with Gasteiger partial charge in [0.1, 0.15) is 0 Å². The Bertz CT molecular complexity index is 241. The van der Waals surface area contributed by atoms with Crippen LogP contribution >= 0.6 is 0 Å². The molecule has 0 atom stereocenters. The maximum atomic E-state index is 11.8. The summed E-state index contributed by atoms with van der Waals surface area (Å²) in [7, 11) is 2.15. The topological polar surface area (TPSA) is 32.3 Å². The van der Waals surface area contributed by atoms with Gasteiger partial charge in [0, 0.05) is 12.5 Å². The second-order valence-electron chi connectivity index (χ2n) is 5.83.